The molecule has 2 rings (SSSR count). The number of benzene rings is 2. The summed E-state index contributed by atoms with van der Waals surface area (Å²) >= 11 is 27.2. The van der Waals surface area contributed by atoms with E-state index < -0.39 is 0 Å². The minimum Gasteiger partial charge on any atom is -0.454 e. The van der Waals surface area contributed by atoms with E-state index in [4.69, 9.17) is 51.1 Å². The van der Waals surface area contributed by atoms with E-state index >= 15 is 0 Å². The lowest BCUT2D eigenvalue weighted by Crippen LogP contribution is -1.88. The smallest absolute Gasteiger partial charge is 0.147 e. The third-order valence-electron chi connectivity index (χ3n) is 2.35. The molecule has 0 unspecified atom stereocenters. The van der Waals surface area contributed by atoms with Crippen LogP contribution in [0.15, 0.2) is 34.8 Å². The highest BCUT2D eigenvalue weighted by molar-refractivity contribution is 9.10. The molecule has 6 heteroatoms. The molecule has 0 aliphatic heterocycles. The van der Waals surface area contributed by atoms with Gasteiger partial charge in [0, 0.05) is 16.4 Å². The first-order valence-corrected chi connectivity index (χ1v) is 7.64. The van der Waals surface area contributed by atoms with Crippen LogP contribution in [0.5, 0.6) is 11.5 Å². The number of hydrogen-bond acceptors (Lipinski definition) is 1. The fourth-order valence-electron chi connectivity index (χ4n) is 1.41. The summed E-state index contributed by atoms with van der Waals surface area (Å²) in [4.78, 5) is 0. The standard InChI is InChI=1S/C13H7BrCl4O/c14-8-4-11(18)13(5-9(8)16)19-12-2-1-7(6-15)3-10(12)17/h1-5H,6H2. The van der Waals surface area contributed by atoms with Crippen molar-refractivity contribution in [1.29, 1.82) is 0 Å². The number of rotatable bonds is 3. The maximum absolute atomic E-state index is 6.11. The van der Waals surface area contributed by atoms with Gasteiger partial charge in [-0.05, 0) is 39.7 Å². The predicted molar refractivity (Wildman–Crippen MR) is 85.2 cm³/mol. The Morgan fingerprint density at radius 1 is 0.895 bits per heavy atom. The molecule has 0 bridgehead atoms. The second kappa shape index (κ2) is 6.55. The molecule has 1 nitrogen and oxygen atoms in total. The van der Waals surface area contributed by atoms with E-state index in [2.05, 4.69) is 15.9 Å². The van der Waals surface area contributed by atoms with Crippen molar-refractivity contribution >= 4 is 62.3 Å². The third kappa shape index (κ3) is 3.71. The van der Waals surface area contributed by atoms with Crippen LogP contribution in [-0.2, 0) is 5.88 Å². The van der Waals surface area contributed by atoms with E-state index in [1.165, 1.54) is 0 Å². The molecule has 0 saturated carbocycles. The van der Waals surface area contributed by atoms with Crippen LogP contribution in [-0.4, -0.2) is 0 Å². The van der Waals surface area contributed by atoms with E-state index in [0.29, 0.717) is 36.9 Å². The monoisotopic (exact) mass is 398 g/mol. The summed E-state index contributed by atoms with van der Waals surface area (Å²) in [6, 6.07) is 8.62. The van der Waals surface area contributed by atoms with Crippen molar-refractivity contribution in [2.75, 3.05) is 0 Å². The second-order valence-corrected chi connectivity index (χ2v) is 6.04. The first kappa shape index (κ1) is 15.3. The van der Waals surface area contributed by atoms with Crippen LogP contribution >= 0.6 is 62.3 Å². The normalized spacial score (nSPS) is 10.6. The summed E-state index contributed by atoms with van der Waals surface area (Å²) in [6.07, 6.45) is 0. The van der Waals surface area contributed by atoms with Crippen molar-refractivity contribution in [2.45, 2.75) is 5.88 Å². The van der Waals surface area contributed by atoms with Gasteiger partial charge in [0.2, 0.25) is 0 Å². The van der Waals surface area contributed by atoms with Gasteiger partial charge in [0.15, 0.2) is 0 Å². The SMILES string of the molecule is ClCc1ccc(Oc2cc(Cl)c(Br)cc2Cl)c(Cl)c1. The number of ether oxygens (including phenoxy) is 1. The van der Waals surface area contributed by atoms with Gasteiger partial charge in [-0.1, -0.05) is 40.9 Å². The average molecular weight is 401 g/mol. The Morgan fingerprint density at radius 3 is 2.21 bits per heavy atom. The van der Waals surface area contributed by atoms with E-state index in [-0.39, 0.29) is 0 Å². The highest BCUT2D eigenvalue weighted by Gasteiger charge is 2.10. The molecule has 0 fully saturated rings. The van der Waals surface area contributed by atoms with Gasteiger partial charge in [0.1, 0.15) is 11.5 Å². The molecule has 0 atom stereocenters. The summed E-state index contributed by atoms with van der Waals surface area (Å²) in [6.45, 7) is 0. The van der Waals surface area contributed by atoms with Gasteiger partial charge in [-0.3, -0.25) is 0 Å². The maximum Gasteiger partial charge on any atom is 0.147 e. The molecule has 0 aliphatic rings. The van der Waals surface area contributed by atoms with Gasteiger partial charge in [-0.2, -0.15) is 0 Å². The minimum absolute atomic E-state index is 0.394. The van der Waals surface area contributed by atoms with Crippen LogP contribution in [0.25, 0.3) is 0 Å². The average Bonchev–Trinajstić information content (AvgIpc) is 2.38. The second-order valence-electron chi connectivity index (χ2n) is 3.70. The summed E-state index contributed by atoms with van der Waals surface area (Å²) in [5.74, 6) is 1.33. The summed E-state index contributed by atoms with van der Waals surface area (Å²) in [5, 5.41) is 1.41. The Hall–Kier alpha value is -0.120. The van der Waals surface area contributed by atoms with Crippen molar-refractivity contribution in [2.24, 2.45) is 0 Å². The molecule has 0 aliphatic carbocycles. The zero-order valence-electron chi connectivity index (χ0n) is 9.39. The minimum atomic E-state index is 0.394. The Kier molecular flexibility index (Phi) is 5.27. The molecule has 0 radical (unpaired) electrons. The predicted octanol–water partition coefficient (Wildman–Crippen LogP) is 6.94. The lowest BCUT2D eigenvalue weighted by atomic mass is 10.2. The van der Waals surface area contributed by atoms with E-state index in [1.54, 1.807) is 24.3 Å². The van der Waals surface area contributed by atoms with Crippen LogP contribution in [0.2, 0.25) is 15.1 Å². The van der Waals surface area contributed by atoms with Gasteiger partial charge in [-0.25, -0.2) is 0 Å². The third-order valence-corrected chi connectivity index (χ3v) is 4.44. The first-order chi connectivity index (χ1) is 9.01. The van der Waals surface area contributed by atoms with E-state index in [9.17, 15) is 0 Å². The highest BCUT2D eigenvalue weighted by atomic mass is 79.9. The van der Waals surface area contributed by atoms with Crippen molar-refractivity contribution in [1.82, 2.24) is 0 Å². The van der Waals surface area contributed by atoms with Crippen LogP contribution < -0.4 is 4.74 Å². The molecule has 2 aromatic carbocycles. The van der Waals surface area contributed by atoms with Crippen LogP contribution in [0.3, 0.4) is 0 Å². The largest absolute Gasteiger partial charge is 0.454 e. The fraction of sp³-hybridized carbons (Fsp3) is 0.0769. The molecule has 2 aromatic rings. The summed E-state index contributed by atoms with van der Waals surface area (Å²) in [7, 11) is 0. The molecule has 19 heavy (non-hydrogen) atoms. The molecular weight excluding hydrogens is 394 g/mol. The van der Waals surface area contributed by atoms with E-state index in [1.807, 2.05) is 6.07 Å². The molecule has 0 N–H and O–H groups in total. The van der Waals surface area contributed by atoms with Crippen molar-refractivity contribution < 1.29 is 4.74 Å². The fourth-order valence-corrected chi connectivity index (χ4v) is 2.65. The lowest BCUT2D eigenvalue weighted by Gasteiger charge is -2.11. The Bertz CT molecular complexity index is 616. The lowest BCUT2D eigenvalue weighted by molar-refractivity contribution is 0.483. The number of alkyl halides is 1. The van der Waals surface area contributed by atoms with Crippen molar-refractivity contribution in [3.8, 4) is 11.5 Å². The van der Waals surface area contributed by atoms with Gasteiger partial charge < -0.3 is 4.74 Å². The maximum atomic E-state index is 6.11. The van der Waals surface area contributed by atoms with Crippen LogP contribution in [0, 0.1) is 0 Å². The van der Waals surface area contributed by atoms with Crippen LogP contribution in [0.4, 0.5) is 0 Å². The Balaban J connectivity index is 2.33. The molecule has 100 valence electrons. The van der Waals surface area contributed by atoms with Gasteiger partial charge >= 0.3 is 0 Å². The summed E-state index contributed by atoms with van der Waals surface area (Å²) < 4.78 is 6.37. The zero-order valence-corrected chi connectivity index (χ0v) is 14.0. The van der Waals surface area contributed by atoms with Gasteiger partial charge in [-0.15, -0.1) is 11.6 Å². The Morgan fingerprint density at radius 2 is 1.58 bits per heavy atom. The molecular formula is C13H7BrCl4O. The van der Waals surface area contributed by atoms with Gasteiger partial charge in [0.05, 0.1) is 15.1 Å². The van der Waals surface area contributed by atoms with Crippen molar-refractivity contribution in [3.05, 3.63) is 55.4 Å². The first-order valence-electron chi connectivity index (χ1n) is 5.18. The molecule has 0 heterocycles. The molecule has 0 aromatic heterocycles. The number of hydrogen-bond donors (Lipinski definition) is 0. The number of halogens is 5. The summed E-state index contributed by atoms with van der Waals surface area (Å²) in [5.41, 5.74) is 0.916. The quantitative estimate of drug-likeness (QED) is 0.400. The highest BCUT2D eigenvalue weighted by Crippen LogP contribution is 2.38. The van der Waals surface area contributed by atoms with Crippen LogP contribution in [0.1, 0.15) is 5.56 Å². The van der Waals surface area contributed by atoms with E-state index in [0.717, 1.165) is 5.56 Å². The van der Waals surface area contributed by atoms with Gasteiger partial charge in [0.25, 0.3) is 0 Å². The van der Waals surface area contributed by atoms with Crippen molar-refractivity contribution in [3.63, 3.8) is 0 Å². The molecule has 0 saturated heterocycles. The molecule has 0 spiro atoms. The molecule has 0 amide bonds. The topological polar surface area (TPSA) is 9.23 Å². The Labute approximate surface area is 139 Å². The zero-order chi connectivity index (χ0) is 14.0.